The summed E-state index contributed by atoms with van der Waals surface area (Å²) in [4.78, 5) is 13.7. The maximum absolute atomic E-state index is 14.5. The Morgan fingerprint density at radius 2 is 1.80 bits per heavy atom. The normalized spacial score (nSPS) is 12.1. The highest BCUT2D eigenvalue weighted by atomic mass is 19.1. The van der Waals surface area contributed by atoms with Crippen molar-refractivity contribution in [2.24, 2.45) is 0 Å². The number of hydrogen-bond donors (Lipinski definition) is 1. The monoisotopic (exact) mass is 345 g/mol. The molecule has 0 aliphatic carbocycles. The van der Waals surface area contributed by atoms with Crippen molar-refractivity contribution < 1.29 is 19.0 Å². The molecule has 25 heavy (non-hydrogen) atoms. The van der Waals surface area contributed by atoms with Gasteiger partial charge in [-0.1, -0.05) is 24.3 Å². The van der Waals surface area contributed by atoms with Gasteiger partial charge in [-0.05, 0) is 48.2 Å². The molecule has 2 aromatic rings. The van der Waals surface area contributed by atoms with Gasteiger partial charge >= 0.3 is 0 Å². The van der Waals surface area contributed by atoms with E-state index in [1.54, 1.807) is 6.07 Å². The first kappa shape index (κ1) is 19.1. The van der Waals surface area contributed by atoms with Crippen LogP contribution in [-0.2, 0) is 4.74 Å². The Balaban J connectivity index is 2.21. The van der Waals surface area contributed by atoms with E-state index in [-0.39, 0.29) is 18.7 Å². The highest BCUT2D eigenvalue weighted by Crippen LogP contribution is 2.24. The molecule has 5 heteroatoms. The molecule has 0 aliphatic rings. The van der Waals surface area contributed by atoms with E-state index in [4.69, 9.17) is 4.74 Å². The van der Waals surface area contributed by atoms with Crippen molar-refractivity contribution in [3.05, 3.63) is 58.9 Å². The molecular weight excluding hydrogens is 321 g/mol. The van der Waals surface area contributed by atoms with Gasteiger partial charge in [0.15, 0.2) is 0 Å². The molecule has 0 fully saturated rings. The minimum absolute atomic E-state index is 0.0142. The lowest BCUT2D eigenvalue weighted by Gasteiger charge is -2.21. The maximum Gasteiger partial charge on any atom is 0.256 e. The van der Waals surface area contributed by atoms with Gasteiger partial charge in [0.25, 0.3) is 5.91 Å². The number of aliphatic hydroxyl groups excluding tert-OH is 1. The molecule has 1 atom stereocenters. The van der Waals surface area contributed by atoms with Gasteiger partial charge in [0, 0.05) is 20.7 Å². The van der Waals surface area contributed by atoms with Gasteiger partial charge in [-0.2, -0.15) is 0 Å². The third-order valence-corrected chi connectivity index (χ3v) is 4.23. The molecule has 1 N–H and O–H groups in total. The zero-order chi connectivity index (χ0) is 18.6. The number of rotatable bonds is 6. The largest absolute Gasteiger partial charge is 0.389 e. The van der Waals surface area contributed by atoms with E-state index < -0.39 is 17.8 Å². The molecule has 0 spiro atoms. The smallest absolute Gasteiger partial charge is 0.256 e. The van der Waals surface area contributed by atoms with Gasteiger partial charge in [-0.3, -0.25) is 4.79 Å². The Morgan fingerprint density at radius 3 is 2.40 bits per heavy atom. The molecule has 0 saturated carbocycles. The molecule has 1 unspecified atom stereocenters. The third-order valence-electron chi connectivity index (χ3n) is 4.23. The van der Waals surface area contributed by atoms with Gasteiger partial charge in [0.2, 0.25) is 0 Å². The Bertz CT molecular complexity index is 761. The second-order valence-electron chi connectivity index (χ2n) is 6.29. The summed E-state index contributed by atoms with van der Waals surface area (Å²) >= 11 is 0. The molecule has 0 radical (unpaired) electrons. The average molecular weight is 345 g/mol. The first-order valence-corrected chi connectivity index (χ1v) is 8.13. The summed E-state index contributed by atoms with van der Waals surface area (Å²) < 4.78 is 19.3. The lowest BCUT2D eigenvalue weighted by Crippen LogP contribution is -2.36. The Kier molecular flexibility index (Phi) is 6.28. The molecular formula is C20H24FNO3. The number of benzene rings is 2. The predicted octanol–water partition coefficient (Wildman–Crippen LogP) is 3.19. The van der Waals surface area contributed by atoms with Gasteiger partial charge < -0.3 is 14.7 Å². The summed E-state index contributed by atoms with van der Waals surface area (Å²) in [6.45, 7) is 4.22. The molecule has 2 aromatic carbocycles. The van der Waals surface area contributed by atoms with Crippen LogP contribution < -0.4 is 0 Å². The predicted molar refractivity (Wildman–Crippen MR) is 96.2 cm³/mol. The number of hydrogen-bond acceptors (Lipinski definition) is 3. The van der Waals surface area contributed by atoms with Crippen molar-refractivity contribution in [3.8, 4) is 11.1 Å². The van der Waals surface area contributed by atoms with Crippen LogP contribution in [-0.4, -0.2) is 49.3 Å². The number of carbonyl (C=O) groups is 1. The van der Waals surface area contributed by atoms with Crippen LogP contribution in [0.15, 0.2) is 36.4 Å². The Morgan fingerprint density at radius 1 is 1.16 bits per heavy atom. The van der Waals surface area contributed by atoms with Crippen molar-refractivity contribution in [2.75, 3.05) is 27.3 Å². The van der Waals surface area contributed by atoms with Crippen LogP contribution in [0.4, 0.5) is 4.39 Å². The first-order chi connectivity index (χ1) is 11.8. The van der Waals surface area contributed by atoms with E-state index in [0.29, 0.717) is 0 Å². The van der Waals surface area contributed by atoms with Gasteiger partial charge in [-0.25, -0.2) is 4.39 Å². The number of methoxy groups -OCH3 is 1. The molecule has 0 saturated heterocycles. The zero-order valence-electron chi connectivity index (χ0n) is 15.0. The van der Waals surface area contributed by atoms with Crippen molar-refractivity contribution in [1.82, 2.24) is 4.90 Å². The highest BCUT2D eigenvalue weighted by Gasteiger charge is 2.19. The van der Waals surface area contributed by atoms with Gasteiger partial charge in [0.05, 0.1) is 18.3 Å². The molecule has 4 nitrogen and oxygen atoms in total. The number of aryl methyl sites for hydroxylation is 2. The minimum atomic E-state index is -0.809. The fourth-order valence-electron chi connectivity index (χ4n) is 2.64. The van der Waals surface area contributed by atoms with E-state index in [0.717, 1.165) is 16.7 Å². The van der Waals surface area contributed by atoms with Crippen LogP contribution in [0, 0.1) is 19.7 Å². The van der Waals surface area contributed by atoms with Gasteiger partial charge in [-0.15, -0.1) is 0 Å². The SMILES string of the molecule is COCC(O)CN(C)C(=O)c1ccc(-c2ccc(C)c(C)c2)cc1F. The number of ether oxygens (including phenoxy) is 1. The van der Waals surface area contributed by atoms with E-state index >= 15 is 0 Å². The number of halogens is 1. The van der Waals surface area contributed by atoms with E-state index in [9.17, 15) is 14.3 Å². The molecule has 134 valence electrons. The van der Waals surface area contributed by atoms with E-state index in [1.807, 2.05) is 32.0 Å². The quantitative estimate of drug-likeness (QED) is 0.875. The number of likely N-dealkylation sites (N-methyl/N-ethyl adjacent to an activating group) is 1. The highest BCUT2D eigenvalue weighted by molar-refractivity contribution is 5.95. The van der Waals surface area contributed by atoms with Crippen LogP contribution in [0.2, 0.25) is 0 Å². The number of carbonyl (C=O) groups excluding carboxylic acids is 1. The third kappa shape index (κ3) is 4.65. The van der Waals surface area contributed by atoms with Crippen molar-refractivity contribution in [1.29, 1.82) is 0 Å². The maximum atomic E-state index is 14.5. The fourth-order valence-corrected chi connectivity index (χ4v) is 2.64. The minimum Gasteiger partial charge on any atom is -0.389 e. The first-order valence-electron chi connectivity index (χ1n) is 8.13. The Labute approximate surface area is 147 Å². The number of amides is 1. The molecule has 0 aromatic heterocycles. The van der Waals surface area contributed by atoms with Crippen LogP contribution >= 0.6 is 0 Å². The Hall–Kier alpha value is -2.24. The van der Waals surface area contributed by atoms with Crippen molar-refractivity contribution in [2.45, 2.75) is 20.0 Å². The second kappa shape index (κ2) is 8.23. The summed E-state index contributed by atoms with van der Waals surface area (Å²) in [5.74, 6) is -1.05. The summed E-state index contributed by atoms with van der Waals surface area (Å²) in [7, 11) is 2.99. The summed E-state index contributed by atoms with van der Waals surface area (Å²) in [5.41, 5.74) is 3.92. The standard InChI is InChI=1S/C20H24FNO3/c1-13-5-6-15(9-14(13)2)16-7-8-18(19(21)10-16)20(24)22(3)11-17(23)12-25-4/h5-10,17,23H,11-12H2,1-4H3. The van der Waals surface area contributed by atoms with Crippen molar-refractivity contribution in [3.63, 3.8) is 0 Å². The summed E-state index contributed by atoms with van der Waals surface area (Å²) in [6.07, 6.45) is -0.809. The lowest BCUT2D eigenvalue weighted by molar-refractivity contribution is 0.0378. The molecule has 2 rings (SSSR count). The van der Waals surface area contributed by atoms with E-state index in [1.165, 1.54) is 36.8 Å². The molecule has 0 bridgehead atoms. The lowest BCUT2D eigenvalue weighted by atomic mass is 9.99. The van der Waals surface area contributed by atoms with Crippen molar-refractivity contribution >= 4 is 5.91 Å². The second-order valence-corrected chi connectivity index (χ2v) is 6.29. The summed E-state index contributed by atoms with van der Waals surface area (Å²) in [6, 6.07) is 10.5. The van der Waals surface area contributed by atoms with Crippen LogP contribution in [0.25, 0.3) is 11.1 Å². The van der Waals surface area contributed by atoms with Crippen LogP contribution in [0.3, 0.4) is 0 Å². The summed E-state index contributed by atoms with van der Waals surface area (Å²) in [5, 5.41) is 9.71. The van der Waals surface area contributed by atoms with Crippen LogP contribution in [0.1, 0.15) is 21.5 Å². The number of aliphatic hydroxyl groups is 1. The van der Waals surface area contributed by atoms with E-state index in [2.05, 4.69) is 0 Å². The molecule has 0 heterocycles. The zero-order valence-corrected chi connectivity index (χ0v) is 15.0. The fraction of sp³-hybridized carbons (Fsp3) is 0.350. The topological polar surface area (TPSA) is 49.8 Å². The van der Waals surface area contributed by atoms with Crippen LogP contribution in [0.5, 0.6) is 0 Å². The average Bonchev–Trinajstić information content (AvgIpc) is 2.56. The molecule has 1 amide bonds. The molecule has 0 aliphatic heterocycles. The van der Waals surface area contributed by atoms with Gasteiger partial charge in [0.1, 0.15) is 5.82 Å². The number of nitrogens with zero attached hydrogens (tertiary/aromatic N) is 1.